The Bertz CT molecular complexity index is 1240. The van der Waals surface area contributed by atoms with E-state index >= 15 is 0 Å². The van der Waals surface area contributed by atoms with Crippen molar-refractivity contribution in [3.63, 3.8) is 0 Å². The fraction of sp³-hybridized carbons (Fsp3) is 0.318. The van der Waals surface area contributed by atoms with Gasteiger partial charge in [0.2, 0.25) is 5.95 Å². The van der Waals surface area contributed by atoms with Crippen LogP contribution < -0.4 is 10.2 Å². The first-order chi connectivity index (χ1) is 18.2. The predicted molar refractivity (Wildman–Crippen MR) is 121 cm³/mol. The van der Waals surface area contributed by atoms with Crippen molar-refractivity contribution in [3.8, 4) is 0 Å². The number of carboxylic acid groups (broad SMARTS) is 2. The first kappa shape index (κ1) is 30.8. The van der Waals surface area contributed by atoms with Crippen molar-refractivity contribution in [2.24, 2.45) is 0 Å². The molecule has 1 amide bonds. The molecule has 39 heavy (non-hydrogen) atoms. The second kappa shape index (κ2) is 13.4. The number of imidazole rings is 1. The number of aromatic nitrogens is 3. The molecule has 3 aromatic rings. The molecule has 0 bridgehead atoms. The second-order valence-corrected chi connectivity index (χ2v) is 7.43. The smallest absolute Gasteiger partial charge is 0.475 e. The van der Waals surface area contributed by atoms with Gasteiger partial charge in [-0.1, -0.05) is 12.1 Å². The first-order valence-corrected chi connectivity index (χ1v) is 10.8. The van der Waals surface area contributed by atoms with E-state index in [0.29, 0.717) is 25.5 Å². The molecule has 4 rings (SSSR count). The van der Waals surface area contributed by atoms with Crippen LogP contribution in [0.4, 0.5) is 32.3 Å². The van der Waals surface area contributed by atoms with E-state index in [9.17, 15) is 31.1 Å². The van der Waals surface area contributed by atoms with Crippen LogP contribution in [-0.2, 0) is 20.9 Å². The number of pyridine rings is 2. The van der Waals surface area contributed by atoms with E-state index in [0.717, 1.165) is 30.2 Å². The van der Waals surface area contributed by atoms with Crippen LogP contribution >= 0.6 is 0 Å². The Morgan fingerprint density at radius 3 is 2.00 bits per heavy atom. The van der Waals surface area contributed by atoms with E-state index < -0.39 is 24.3 Å². The molecule has 1 fully saturated rings. The number of nitrogens with one attached hydrogen (secondary N) is 1. The van der Waals surface area contributed by atoms with Crippen molar-refractivity contribution >= 4 is 29.3 Å². The molecule has 0 atom stereocenters. The Balaban J connectivity index is 0.000000317. The summed E-state index contributed by atoms with van der Waals surface area (Å²) in [5, 5.41) is 17.2. The molecule has 0 spiro atoms. The number of carbonyl (C=O) groups is 3. The summed E-state index contributed by atoms with van der Waals surface area (Å²) in [5.74, 6) is -4.93. The number of nitrogens with zero attached hydrogens (tertiary/aromatic N) is 4. The van der Waals surface area contributed by atoms with Crippen molar-refractivity contribution in [1.82, 2.24) is 19.7 Å². The zero-order valence-electron chi connectivity index (χ0n) is 19.7. The maximum absolute atomic E-state index is 12.7. The average Bonchev–Trinajstić information content (AvgIpc) is 3.28. The van der Waals surface area contributed by atoms with Gasteiger partial charge in [-0.25, -0.2) is 14.6 Å². The largest absolute Gasteiger partial charge is 0.490 e. The molecule has 1 aliphatic heterocycles. The van der Waals surface area contributed by atoms with Crippen molar-refractivity contribution in [2.45, 2.75) is 18.9 Å². The number of carbonyl (C=O) groups excluding carboxylic acids is 1. The van der Waals surface area contributed by atoms with E-state index in [1.165, 1.54) is 0 Å². The fourth-order valence-corrected chi connectivity index (χ4v) is 2.93. The highest BCUT2D eigenvalue weighted by atomic mass is 19.4. The number of rotatable bonds is 4. The molecule has 4 heterocycles. The van der Waals surface area contributed by atoms with Crippen LogP contribution in [-0.4, -0.2) is 81.1 Å². The molecule has 0 unspecified atom stereocenters. The lowest BCUT2D eigenvalue weighted by Gasteiger charge is -2.27. The van der Waals surface area contributed by atoms with Crippen molar-refractivity contribution in [3.05, 3.63) is 60.2 Å². The Labute approximate surface area is 215 Å². The van der Waals surface area contributed by atoms with Gasteiger partial charge in [0.1, 0.15) is 0 Å². The van der Waals surface area contributed by atoms with E-state index in [4.69, 9.17) is 24.5 Å². The monoisotopic (exact) mass is 565 g/mol. The zero-order valence-corrected chi connectivity index (χ0v) is 19.7. The number of ether oxygens (including phenoxy) is 1. The first-order valence-electron chi connectivity index (χ1n) is 10.8. The summed E-state index contributed by atoms with van der Waals surface area (Å²) >= 11 is 0. The summed E-state index contributed by atoms with van der Waals surface area (Å²) in [5.41, 5.74) is 2.04. The molecule has 1 saturated heterocycles. The lowest BCUT2D eigenvalue weighted by molar-refractivity contribution is -0.193. The number of hydrogen-bond acceptors (Lipinski definition) is 7. The lowest BCUT2D eigenvalue weighted by Crippen LogP contribution is -2.37. The molecule has 3 N–H and O–H groups in total. The highest BCUT2D eigenvalue weighted by Gasteiger charge is 2.38. The van der Waals surface area contributed by atoms with Gasteiger partial charge in [-0.15, -0.1) is 0 Å². The van der Waals surface area contributed by atoms with Gasteiger partial charge in [-0.3, -0.25) is 14.2 Å². The highest BCUT2D eigenvalue weighted by molar-refractivity contribution is 5.99. The van der Waals surface area contributed by atoms with Crippen molar-refractivity contribution in [1.29, 1.82) is 0 Å². The summed E-state index contributed by atoms with van der Waals surface area (Å²) in [7, 11) is 0. The molecule has 212 valence electrons. The summed E-state index contributed by atoms with van der Waals surface area (Å²) in [6.45, 7) is 3.25. The van der Waals surface area contributed by atoms with Crippen LogP contribution in [0.5, 0.6) is 0 Å². The maximum atomic E-state index is 12.7. The molecular formula is C22H21F6N5O6. The zero-order chi connectivity index (χ0) is 29.2. The molecule has 0 aliphatic carbocycles. The topological polar surface area (TPSA) is 146 Å². The minimum atomic E-state index is -5.08. The average molecular weight is 565 g/mol. The summed E-state index contributed by atoms with van der Waals surface area (Å²) in [4.78, 5) is 41.5. The van der Waals surface area contributed by atoms with Gasteiger partial charge in [0.25, 0.3) is 5.91 Å². The van der Waals surface area contributed by atoms with Gasteiger partial charge >= 0.3 is 24.3 Å². The van der Waals surface area contributed by atoms with E-state index in [1.807, 2.05) is 47.0 Å². The standard InChI is InChI=1S/C18H19N5O2.2C2HF3O2/c24-17(20-13-14-5-1-3-7-19-14)16-15-6-2-4-8-23(15)18(21-16)22-9-11-25-12-10-22;2*3-2(4,5)1(6)7/h1-8H,9-13H2,(H,20,24);2*(H,6,7). The van der Waals surface area contributed by atoms with Crippen LogP contribution in [0.1, 0.15) is 16.2 Å². The summed E-state index contributed by atoms with van der Waals surface area (Å²) in [6.07, 6.45) is -6.52. The predicted octanol–water partition coefficient (Wildman–Crippen LogP) is 2.76. The number of amides is 1. The normalized spacial score (nSPS) is 13.4. The van der Waals surface area contributed by atoms with E-state index in [2.05, 4.69) is 20.2 Å². The number of halogens is 6. The Kier molecular flexibility index (Phi) is 10.6. The molecule has 11 nitrogen and oxygen atoms in total. The highest BCUT2D eigenvalue weighted by Crippen LogP contribution is 2.21. The van der Waals surface area contributed by atoms with Gasteiger partial charge < -0.3 is 25.2 Å². The third kappa shape index (κ3) is 9.44. The summed E-state index contributed by atoms with van der Waals surface area (Å²) < 4.78 is 70.8. The van der Waals surface area contributed by atoms with Crippen molar-refractivity contribution in [2.75, 3.05) is 31.2 Å². The minimum absolute atomic E-state index is 0.200. The molecule has 17 heteroatoms. The number of alkyl halides is 6. The fourth-order valence-electron chi connectivity index (χ4n) is 2.93. The molecule has 1 aliphatic rings. The number of anilines is 1. The molecule has 0 radical (unpaired) electrons. The van der Waals surface area contributed by atoms with Gasteiger partial charge in [0, 0.05) is 25.5 Å². The number of carboxylic acids is 2. The van der Waals surface area contributed by atoms with Crippen LogP contribution in [0.2, 0.25) is 0 Å². The number of morpholine rings is 1. The third-order valence-electron chi connectivity index (χ3n) is 4.68. The van der Waals surface area contributed by atoms with Crippen LogP contribution in [0.3, 0.4) is 0 Å². The Hall–Kier alpha value is -4.41. The van der Waals surface area contributed by atoms with Crippen molar-refractivity contribution < 1.29 is 55.7 Å². The van der Waals surface area contributed by atoms with E-state index in [-0.39, 0.29) is 5.91 Å². The molecular weight excluding hydrogens is 544 g/mol. The molecule has 0 aromatic carbocycles. The van der Waals surface area contributed by atoms with Gasteiger partial charge in [-0.2, -0.15) is 26.3 Å². The number of aliphatic carboxylic acids is 2. The van der Waals surface area contributed by atoms with Crippen LogP contribution in [0, 0.1) is 0 Å². The van der Waals surface area contributed by atoms with Crippen LogP contribution in [0.25, 0.3) is 5.52 Å². The molecule has 3 aromatic heterocycles. The van der Waals surface area contributed by atoms with Gasteiger partial charge in [0.05, 0.1) is 31.0 Å². The SMILES string of the molecule is O=C(NCc1ccccn1)c1nc(N2CCOCC2)n2ccccc12.O=C(O)C(F)(F)F.O=C(O)C(F)(F)F. The number of fused-ring (bicyclic) bond motifs is 1. The summed E-state index contributed by atoms with van der Waals surface area (Å²) in [6, 6.07) is 11.4. The third-order valence-corrected chi connectivity index (χ3v) is 4.68. The Morgan fingerprint density at radius 1 is 0.923 bits per heavy atom. The van der Waals surface area contributed by atoms with E-state index in [1.54, 1.807) is 6.20 Å². The maximum Gasteiger partial charge on any atom is 0.490 e. The van der Waals surface area contributed by atoms with Gasteiger partial charge in [-0.05, 0) is 24.3 Å². The number of hydrogen-bond donors (Lipinski definition) is 3. The van der Waals surface area contributed by atoms with Crippen LogP contribution in [0.15, 0.2) is 48.8 Å². The van der Waals surface area contributed by atoms with Gasteiger partial charge in [0.15, 0.2) is 5.69 Å². The quantitative estimate of drug-likeness (QED) is 0.407. The minimum Gasteiger partial charge on any atom is -0.475 e. The second-order valence-electron chi connectivity index (χ2n) is 7.43. The Morgan fingerprint density at radius 2 is 1.49 bits per heavy atom. The lowest BCUT2D eigenvalue weighted by atomic mass is 10.3. The molecule has 0 saturated carbocycles.